The van der Waals surface area contributed by atoms with E-state index >= 15 is 0 Å². The molecule has 0 aliphatic carbocycles. The molecule has 0 unspecified atom stereocenters. The average Bonchev–Trinajstić information content (AvgIpc) is 3.31. The Hall–Kier alpha value is -4.14. The van der Waals surface area contributed by atoms with Gasteiger partial charge in [-0.1, -0.05) is 5.16 Å². The molecule has 0 spiro atoms. The number of benzene rings is 1. The van der Waals surface area contributed by atoms with Crippen molar-refractivity contribution < 1.29 is 18.8 Å². The van der Waals surface area contributed by atoms with E-state index in [0.29, 0.717) is 53.7 Å². The molecule has 9 heteroatoms. The monoisotopic (exact) mass is 446 g/mol. The number of nitrogens with one attached hydrogen (secondary N) is 1. The van der Waals surface area contributed by atoms with Gasteiger partial charge in [0, 0.05) is 30.1 Å². The Morgan fingerprint density at radius 2 is 1.94 bits per heavy atom. The smallest absolute Gasteiger partial charge is 0.257 e. The van der Waals surface area contributed by atoms with Crippen LogP contribution in [0, 0.1) is 6.92 Å². The number of pyridine rings is 2. The molecule has 5 rings (SSSR count). The summed E-state index contributed by atoms with van der Waals surface area (Å²) in [7, 11) is 0. The molecule has 0 radical (unpaired) electrons. The number of amides is 1. The number of aromatic nitrogens is 3. The van der Waals surface area contributed by atoms with Crippen LogP contribution in [0.1, 0.15) is 28.7 Å². The highest BCUT2D eigenvalue weighted by molar-refractivity contribution is 5.96. The Labute approximate surface area is 188 Å². The van der Waals surface area contributed by atoms with Gasteiger partial charge in [0.25, 0.3) is 5.91 Å². The predicted molar refractivity (Wildman–Crippen MR) is 121 cm³/mol. The van der Waals surface area contributed by atoms with Crippen molar-refractivity contribution in [2.75, 3.05) is 13.2 Å². The van der Waals surface area contributed by atoms with Gasteiger partial charge < -0.3 is 23.9 Å². The Kier molecular flexibility index (Phi) is 5.29. The first-order valence-electron chi connectivity index (χ1n) is 10.7. The van der Waals surface area contributed by atoms with E-state index in [-0.39, 0.29) is 17.5 Å². The Morgan fingerprint density at radius 3 is 2.76 bits per heavy atom. The van der Waals surface area contributed by atoms with Crippen LogP contribution in [0.25, 0.3) is 22.4 Å². The first-order valence-corrected chi connectivity index (χ1v) is 10.7. The SMILES string of the molecule is CCn1cc(C(=O)NCc2cc(-c3ccc4c(c3)OCCO4)on2)c(=O)c2ccc(C)nc21. The number of ether oxygens (including phenoxy) is 2. The van der Waals surface area contributed by atoms with Crippen LogP contribution in [0.5, 0.6) is 11.5 Å². The topological polar surface area (TPSA) is 108 Å². The zero-order valence-electron chi connectivity index (χ0n) is 18.3. The first kappa shape index (κ1) is 20.7. The molecule has 0 atom stereocenters. The summed E-state index contributed by atoms with van der Waals surface area (Å²) in [5, 5.41) is 7.20. The van der Waals surface area contributed by atoms with E-state index < -0.39 is 5.91 Å². The van der Waals surface area contributed by atoms with E-state index in [4.69, 9.17) is 14.0 Å². The quantitative estimate of drug-likeness (QED) is 0.502. The fourth-order valence-electron chi connectivity index (χ4n) is 3.76. The average molecular weight is 446 g/mol. The number of carbonyl (C=O) groups excluding carboxylic acids is 1. The van der Waals surface area contributed by atoms with Crippen LogP contribution in [0.2, 0.25) is 0 Å². The molecule has 0 saturated carbocycles. The molecule has 0 fully saturated rings. The second kappa shape index (κ2) is 8.42. The molecule has 1 aliphatic heterocycles. The fraction of sp³-hybridized carbons (Fsp3) is 0.250. The van der Waals surface area contributed by atoms with Crippen molar-refractivity contribution in [3.63, 3.8) is 0 Å². The molecule has 0 saturated heterocycles. The highest BCUT2D eigenvalue weighted by atomic mass is 16.6. The lowest BCUT2D eigenvalue weighted by molar-refractivity contribution is 0.0948. The highest BCUT2D eigenvalue weighted by Gasteiger charge is 2.18. The summed E-state index contributed by atoms with van der Waals surface area (Å²) < 4.78 is 18.4. The van der Waals surface area contributed by atoms with E-state index in [1.54, 1.807) is 29.0 Å². The minimum absolute atomic E-state index is 0.0607. The van der Waals surface area contributed by atoms with Crippen LogP contribution >= 0.6 is 0 Å². The van der Waals surface area contributed by atoms with Gasteiger partial charge in [-0.3, -0.25) is 9.59 Å². The Balaban J connectivity index is 1.35. The van der Waals surface area contributed by atoms with E-state index in [1.807, 2.05) is 32.0 Å². The molecular weight excluding hydrogens is 424 g/mol. The first-order chi connectivity index (χ1) is 16.0. The highest BCUT2D eigenvalue weighted by Crippen LogP contribution is 2.34. The minimum atomic E-state index is -0.478. The summed E-state index contributed by atoms with van der Waals surface area (Å²) in [6, 6.07) is 10.7. The third-order valence-corrected chi connectivity index (χ3v) is 5.46. The summed E-state index contributed by atoms with van der Waals surface area (Å²) in [5.74, 6) is 1.40. The second-order valence-electron chi connectivity index (χ2n) is 7.71. The van der Waals surface area contributed by atoms with Gasteiger partial charge in [-0.15, -0.1) is 0 Å². The maximum absolute atomic E-state index is 12.9. The Morgan fingerprint density at radius 1 is 1.12 bits per heavy atom. The van der Waals surface area contributed by atoms with Gasteiger partial charge >= 0.3 is 0 Å². The van der Waals surface area contributed by atoms with Gasteiger partial charge in [-0.05, 0) is 44.2 Å². The van der Waals surface area contributed by atoms with Crippen molar-refractivity contribution in [3.05, 3.63) is 69.8 Å². The summed E-state index contributed by atoms with van der Waals surface area (Å²) in [5.41, 5.74) is 2.40. The number of hydrogen-bond donors (Lipinski definition) is 1. The van der Waals surface area contributed by atoms with Crippen LogP contribution in [0.3, 0.4) is 0 Å². The molecule has 168 valence electrons. The third kappa shape index (κ3) is 3.93. The van der Waals surface area contributed by atoms with Gasteiger partial charge in [0.1, 0.15) is 30.1 Å². The summed E-state index contributed by atoms with van der Waals surface area (Å²) in [6.45, 7) is 5.51. The lowest BCUT2D eigenvalue weighted by atomic mass is 10.1. The van der Waals surface area contributed by atoms with E-state index in [9.17, 15) is 9.59 Å². The van der Waals surface area contributed by atoms with Gasteiger partial charge in [0.05, 0.1) is 11.9 Å². The number of hydrogen-bond acceptors (Lipinski definition) is 7. The molecule has 1 aliphatic rings. The van der Waals surface area contributed by atoms with Crippen LogP contribution in [0.4, 0.5) is 0 Å². The van der Waals surface area contributed by atoms with Gasteiger partial charge in [-0.2, -0.15) is 0 Å². The molecule has 3 aromatic heterocycles. The minimum Gasteiger partial charge on any atom is -0.486 e. The predicted octanol–water partition coefficient (Wildman–Crippen LogP) is 3.08. The van der Waals surface area contributed by atoms with Gasteiger partial charge in [0.2, 0.25) is 5.43 Å². The zero-order valence-corrected chi connectivity index (χ0v) is 18.3. The summed E-state index contributed by atoms with van der Waals surface area (Å²) in [4.78, 5) is 30.2. The van der Waals surface area contributed by atoms with Crippen molar-refractivity contribution >= 4 is 16.9 Å². The van der Waals surface area contributed by atoms with E-state index in [0.717, 1.165) is 11.3 Å². The number of aryl methyl sites for hydroxylation is 2. The molecule has 0 bridgehead atoms. The lowest BCUT2D eigenvalue weighted by Crippen LogP contribution is -2.29. The van der Waals surface area contributed by atoms with Gasteiger partial charge in [0.15, 0.2) is 17.3 Å². The maximum atomic E-state index is 12.9. The molecule has 1 aromatic carbocycles. The largest absolute Gasteiger partial charge is 0.486 e. The van der Waals surface area contributed by atoms with E-state index in [1.165, 1.54) is 0 Å². The second-order valence-corrected chi connectivity index (χ2v) is 7.71. The molecule has 4 aromatic rings. The molecule has 1 amide bonds. The Bertz CT molecular complexity index is 1420. The van der Waals surface area contributed by atoms with Crippen LogP contribution in [0.15, 0.2) is 51.9 Å². The maximum Gasteiger partial charge on any atom is 0.257 e. The van der Waals surface area contributed by atoms with Crippen molar-refractivity contribution in [2.45, 2.75) is 26.9 Å². The number of nitrogens with zero attached hydrogens (tertiary/aromatic N) is 3. The van der Waals surface area contributed by atoms with Crippen LogP contribution in [-0.2, 0) is 13.1 Å². The lowest BCUT2D eigenvalue weighted by Gasteiger charge is -2.18. The normalized spacial score (nSPS) is 12.7. The van der Waals surface area contributed by atoms with Gasteiger partial charge in [-0.25, -0.2) is 4.98 Å². The molecule has 9 nitrogen and oxygen atoms in total. The molecule has 33 heavy (non-hydrogen) atoms. The van der Waals surface area contributed by atoms with Crippen LogP contribution in [-0.4, -0.2) is 33.8 Å². The molecule has 4 heterocycles. The standard InChI is InChI=1S/C24H22N4O5/c1-3-28-13-18(22(29)17-6-4-14(2)26-23(17)28)24(30)25-12-16-11-20(33-27-16)15-5-7-19-21(10-15)32-9-8-31-19/h4-7,10-11,13H,3,8-9,12H2,1-2H3,(H,25,30). The molecule has 1 N–H and O–H groups in total. The van der Waals surface area contributed by atoms with Crippen LogP contribution < -0.4 is 20.2 Å². The van der Waals surface area contributed by atoms with Crippen molar-refractivity contribution in [3.8, 4) is 22.8 Å². The van der Waals surface area contributed by atoms with Crippen molar-refractivity contribution in [1.82, 2.24) is 20.0 Å². The number of rotatable bonds is 5. The third-order valence-electron chi connectivity index (χ3n) is 5.46. The van der Waals surface area contributed by atoms with E-state index in [2.05, 4.69) is 15.5 Å². The summed E-state index contributed by atoms with van der Waals surface area (Å²) in [6.07, 6.45) is 1.55. The van der Waals surface area contributed by atoms with Crippen molar-refractivity contribution in [2.24, 2.45) is 0 Å². The van der Waals surface area contributed by atoms with Crippen molar-refractivity contribution in [1.29, 1.82) is 0 Å². The molecular formula is C24H22N4O5. The zero-order chi connectivity index (χ0) is 22.9. The number of fused-ring (bicyclic) bond motifs is 2. The fourth-order valence-corrected chi connectivity index (χ4v) is 3.76. The summed E-state index contributed by atoms with van der Waals surface area (Å²) >= 11 is 0. The number of carbonyl (C=O) groups is 1.